The number of aryl methyl sites for hydroxylation is 1. The van der Waals surface area contributed by atoms with Crippen LogP contribution in [0.3, 0.4) is 0 Å². The summed E-state index contributed by atoms with van der Waals surface area (Å²) in [7, 11) is 0. The summed E-state index contributed by atoms with van der Waals surface area (Å²) in [5.74, 6) is -0.775. The first-order valence-electron chi connectivity index (χ1n) is 5.44. The number of primary amides is 1. The summed E-state index contributed by atoms with van der Waals surface area (Å²) in [4.78, 5) is 27.0. The molecule has 0 aliphatic carbocycles. The number of nitrogens with two attached hydrogens (primary N) is 1. The Kier molecular flexibility index (Phi) is 4.29. The second kappa shape index (κ2) is 5.35. The van der Waals surface area contributed by atoms with Crippen molar-refractivity contribution in [2.45, 2.75) is 20.8 Å². The molecule has 98 valence electrons. The van der Waals surface area contributed by atoms with E-state index in [1.54, 1.807) is 26.8 Å². The van der Waals surface area contributed by atoms with E-state index in [9.17, 15) is 9.59 Å². The number of nitrogens with one attached hydrogen (secondary N) is 1. The van der Waals surface area contributed by atoms with Crippen molar-refractivity contribution in [2.75, 3.05) is 6.54 Å². The van der Waals surface area contributed by atoms with Crippen LogP contribution < -0.4 is 11.1 Å². The molecule has 0 saturated heterocycles. The van der Waals surface area contributed by atoms with Gasteiger partial charge in [-0.05, 0) is 32.9 Å². The molecule has 0 radical (unpaired) electrons. The predicted octanol–water partition coefficient (Wildman–Crippen LogP) is 1.28. The van der Waals surface area contributed by atoms with Crippen molar-refractivity contribution in [3.8, 4) is 0 Å². The maximum Gasteiger partial charge on any atom is 0.251 e. The van der Waals surface area contributed by atoms with Crippen LogP contribution in [0.25, 0.3) is 0 Å². The third kappa shape index (κ3) is 3.70. The molecule has 0 aliphatic rings. The van der Waals surface area contributed by atoms with E-state index in [2.05, 4.69) is 10.3 Å². The van der Waals surface area contributed by atoms with Gasteiger partial charge in [0.1, 0.15) is 5.15 Å². The molecule has 6 heteroatoms. The molecular formula is C12H16ClN3O2. The molecule has 2 amide bonds. The van der Waals surface area contributed by atoms with E-state index in [1.165, 1.54) is 6.07 Å². The van der Waals surface area contributed by atoms with Gasteiger partial charge in [-0.1, -0.05) is 11.6 Å². The van der Waals surface area contributed by atoms with Gasteiger partial charge in [0.25, 0.3) is 5.91 Å². The van der Waals surface area contributed by atoms with E-state index in [-0.39, 0.29) is 17.6 Å². The molecule has 1 aromatic rings. The molecule has 3 N–H and O–H groups in total. The lowest BCUT2D eigenvalue weighted by molar-refractivity contribution is -0.125. The summed E-state index contributed by atoms with van der Waals surface area (Å²) in [6.07, 6.45) is 0. The van der Waals surface area contributed by atoms with E-state index in [1.807, 2.05) is 0 Å². The number of nitrogens with zero attached hydrogens (tertiary/aromatic N) is 1. The molecular weight excluding hydrogens is 254 g/mol. The Hall–Kier alpha value is -1.62. The zero-order valence-corrected chi connectivity index (χ0v) is 11.3. The molecule has 18 heavy (non-hydrogen) atoms. The van der Waals surface area contributed by atoms with Gasteiger partial charge in [-0.2, -0.15) is 0 Å². The average molecular weight is 270 g/mol. The maximum absolute atomic E-state index is 11.9. The number of amides is 2. The van der Waals surface area contributed by atoms with Gasteiger partial charge in [0.05, 0.1) is 5.41 Å². The Balaban J connectivity index is 2.75. The van der Waals surface area contributed by atoms with E-state index in [0.29, 0.717) is 11.3 Å². The predicted molar refractivity (Wildman–Crippen MR) is 69.3 cm³/mol. The summed E-state index contributed by atoms with van der Waals surface area (Å²) in [5, 5.41) is 2.91. The van der Waals surface area contributed by atoms with Gasteiger partial charge in [0.15, 0.2) is 0 Å². The minimum absolute atomic E-state index is 0.167. The van der Waals surface area contributed by atoms with Gasteiger partial charge >= 0.3 is 0 Å². The number of pyridine rings is 1. The van der Waals surface area contributed by atoms with E-state index >= 15 is 0 Å². The average Bonchev–Trinajstić information content (AvgIpc) is 2.24. The summed E-state index contributed by atoms with van der Waals surface area (Å²) in [6.45, 7) is 5.25. The fraction of sp³-hybridized carbons (Fsp3) is 0.417. The van der Waals surface area contributed by atoms with Crippen molar-refractivity contribution >= 4 is 23.4 Å². The van der Waals surface area contributed by atoms with Crippen molar-refractivity contribution in [1.82, 2.24) is 10.3 Å². The molecule has 1 rings (SSSR count). The Morgan fingerprint density at radius 3 is 2.56 bits per heavy atom. The number of aromatic nitrogens is 1. The molecule has 1 heterocycles. The van der Waals surface area contributed by atoms with Crippen LogP contribution in [-0.4, -0.2) is 23.3 Å². The summed E-state index contributed by atoms with van der Waals surface area (Å²) in [6, 6.07) is 3.10. The highest BCUT2D eigenvalue weighted by Crippen LogP contribution is 2.14. The van der Waals surface area contributed by atoms with E-state index < -0.39 is 11.3 Å². The third-order valence-electron chi connectivity index (χ3n) is 2.54. The van der Waals surface area contributed by atoms with Gasteiger partial charge in [-0.15, -0.1) is 0 Å². The number of carbonyl (C=O) groups is 2. The number of halogens is 1. The summed E-state index contributed by atoms with van der Waals surface area (Å²) < 4.78 is 0. The standard InChI is InChI=1S/C12H16ClN3O2/c1-7-4-8(5-9(13)16-7)10(17)15-6-12(2,3)11(14)18/h4-5H,6H2,1-3H3,(H2,14,18)(H,15,17). The normalized spacial score (nSPS) is 11.1. The number of hydrogen-bond acceptors (Lipinski definition) is 3. The zero-order chi connectivity index (χ0) is 13.9. The molecule has 0 spiro atoms. The van der Waals surface area contributed by atoms with Crippen molar-refractivity contribution in [3.63, 3.8) is 0 Å². The lowest BCUT2D eigenvalue weighted by Gasteiger charge is -2.20. The monoisotopic (exact) mass is 269 g/mol. The van der Waals surface area contributed by atoms with Crippen LogP contribution in [0, 0.1) is 12.3 Å². The van der Waals surface area contributed by atoms with Crippen molar-refractivity contribution in [3.05, 3.63) is 28.5 Å². The largest absolute Gasteiger partial charge is 0.369 e. The minimum atomic E-state index is -0.790. The Labute approximate surface area is 111 Å². The molecule has 0 aliphatic heterocycles. The van der Waals surface area contributed by atoms with E-state index in [0.717, 1.165) is 0 Å². The second-order valence-electron chi connectivity index (χ2n) is 4.75. The van der Waals surface area contributed by atoms with Gasteiger partial charge < -0.3 is 11.1 Å². The molecule has 0 aromatic carbocycles. The van der Waals surface area contributed by atoms with Crippen LogP contribution in [0.5, 0.6) is 0 Å². The van der Waals surface area contributed by atoms with Crippen LogP contribution in [0.15, 0.2) is 12.1 Å². The molecule has 0 bridgehead atoms. The van der Waals surface area contributed by atoms with Crippen LogP contribution in [0.2, 0.25) is 5.15 Å². The highest BCUT2D eigenvalue weighted by atomic mass is 35.5. The molecule has 1 aromatic heterocycles. The number of hydrogen-bond donors (Lipinski definition) is 2. The SMILES string of the molecule is Cc1cc(C(=O)NCC(C)(C)C(N)=O)cc(Cl)n1. The maximum atomic E-state index is 11.9. The van der Waals surface area contributed by atoms with Gasteiger partial charge in [-0.3, -0.25) is 9.59 Å². The number of rotatable bonds is 4. The van der Waals surface area contributed by atoms with Gasteiger partial charge in [-0.25, -0.2) is 4.98 Å². The lowest BCUT2D eigenvalue weighted by atomic mass is 9.92. The molecule has 5 nitrogen and oxygen atoms in total. The number of carbonyl (C=O) groups excluding carboxylic acids is 2. The van der Waals surface area contributed by atoms with Crippen LogP contribution in [0.4, 0.5) is 0 Å². The molecule has 0 atom stereocenters. The fourth-order valence-electron chi connectivity index (χ4n) is 1.25. The first kappa shape index (κ1) is 14.4. The van der Waals surface area contributed by atoms with Crippen LogP contribution in [0.1, 0.15) is 29.9 Å². The highest BCUT2D eigenvalue weighted by Gasteiger charge is 2.25. The third-order valence-corrected chi connectivity index (χ3v) is 2.74. The van der Waals surface area contributed by atoms with E-state index in [4.69, 9.17) is 17.3 Å². The van der Waals surface area contributed by atoms with Crippen LogP contribution in [-0.2, 0) is 4.79 Å². The van der Waals surface area contributed by atoms with Gasteiger partial charge in [0, 0.05) is 17.8 Å². The quantitative estimate of drug-likeness (QED) is 0.808. The zero-order valence-electron chi connectivity index (χ0n) is 10.6. The topological polar surface area (TPSA) is 85.1 Å². The van der Waals surface area contributed by atoms with Crippen LogP contribution >= 0.6 is 11.6 Å². The summed E-state index contributed by atoms with van der Waals surface area (Å²) >= 11 is 5.77. The molecule has 0 fully saturated rings. The smallest absolute Gasteiger partial charge is 0.251 e. The lowest BCUT2D eigenvalue weighted by Crippen LogP contribution is -2.42. The van der Waals surface area contributed by atoms with Gasteiger partial charge in [0.2, 0.25) is 5.91 Å². The van der Waals surface area contributed by atoms with Crippen molar-refractivity contribution in [1.29, 1.82) is 0 Å². The molecule has 0 saturated carbocycles. The summed E-state index contributed by atoms with van der Waals surface area (Å²) in [5.41, 5.74) is 5.50. The Morgan fingerprint density at radius 2 is 2.06 bits per heavy atom. The first-order valence-corrected chi connectivity index (χ1v) is 5.82. The minimum Gasteiger partial charge on any atom is -0.369 e. The van der Waals surface area contributed by atoms with Crippen molar-refractivity contribution in [2.24, 2.45) is 11.1 Å². The fourth-order valence-corrected chi connectivity index (χ4v) is 1.50. The Morgan fingerprint density at radius 1 is 1.44 bits per heavy atom. The highest BCUT2D eigenvalue weighted by molar-refractivity contribution is 6.29. The Bertz CT molecular complexity index is 466. The first-order chi connectivity index (χ1) is 8.22. The molecule has 0 unspecified atom stereocenters. The second-order valence-corrected chi connectivity index (χ2v) is 5.14. The van der Waals surface area contributed by atoms with Crippen molar-refractivity contribution < 1.29 is 9.59 Å².